The van der Waals surface area contributed by atoms with Gasteiger partial charge in [0.1, 0.15) is 12.4 Å². The van der Waals surface area contributed by atoms with E-state index in [4.69, 9.17) is 30.2 Å². The third kappa shape index (κ3) is 4.88. The molecule has 1 fully saturated rings. The Morgan fingerprint density at radius 2 is 2.03 bits per heavy atom. The molecule has 1 spiro atoms. The molecule has 9 heteroatoms. The number of hydrogen-bond donors (Lipinski definition) is 1. The first-order chi connectivity index (χ1) is 17.5. The van der Waals surface area contributed by atoms with Gasteiger partial charge in [-0.05, 0) is 49.4 Å². The number of rotatable bonds is 2. The zero-order chi connectivity index (χ0) is 25.1. The average molecular weight is 513 g/mol. The summed E-state index contributed by atoms with van der Waals surface area (Å²) in [4.78, 5) is 28.4. The van der Waals surface area contributed by atoms with E-state index in [1.165, 1.54) is 7.11 Å². The summed E-state index contributed by atoms with van der Waals surface area (Å²) >= 11 is 6.17. The molecule has 5 rings (SSSR count). The highest BCUT2D eigenvalue weighted by Crippen LogP contribution is 2.34. The topological polar surface area (TPSA) is 90.2 Å². The lowest BCUT2D eigenvalue weighted by Gasteiger charge is -2.41. The lowest BCUT2D eigenvalue weighted by molar-refractivity contribution is -0.159. The number of furan rings is 1. The van der Waals surface area contributed by atoms with Crippen LogP contribution in [0.25, 0.3) is 11.0 Å². The normalized spacial score (nSPS) is 21.2. The lowest BCUT2D eigenvalue weighted by Crippen LogP contribution is -2.61. The number of nitrogens with one attached hydrogen (secondary N) is 1. The highest BCUT2D eigenvalue weighted by Gasteiger charge is 2.45. The van der Waals surface area contributed by atoms with Crippen LogP contribution < -0.4 is 14.8 Å². The molecule has 190 valence electrons. The van der Waals surface area contributed by atoms with Crippen LogP contribution in [-0.2, 0) is 16.0 Å². The number of methoxy groups -OCH3 is 1. The molecule has 3 heterocycles. The first-order valence-electron chi connectivity index (χ1n) is 12.2. The zero-order valence-corrected chi connectivity index (χ0v) is 20.9. The third-order valence-electron chi connectivity index (χ3n) is 6.76. The first-order valence-corrected chi connectivity index (χ1v) is 12.6. The van der Waals surface area contributed by atoms with E-state index in [-0.39, 0.29) is 30.7 Å². The number of para-hydroxylation sites is 1. The van der Waals surface area contributed by atoms with Crippen LogP contribution in [-0.4, -0.2) is 62.3 Å². The van der Waals surface area contributed by atoms with Gasteiger partial charge in [0, 0.05) is 23.0 Å². The summed E-state index contributed by atoms with van der Waals surface area (Å²) in [6.07, 6.45) is 3.00. The first kappa shape index (κ1) is 24.5. The maximum atomic E-state index is 13.5. The number of aryl methyl sites for hydroxylation is 1. The SMILES string of the molecule is COc1cc(Cl)cc2cc(C(=O)N3CCOC4(CCCCc5ccccc5OCCNC4=O)C3)oc12. The Hall–Kier alpha value is -3.23. The second-order valence-electron chi connectivity index (χ2n) is 9.13. The van der Waals surface area contributed by atoms with Crippen LogP contribution in [0.5, 0.6) is 11.5 Å². The summed E-state index contributed by atoms with van der Waals surface area (Å²) in [5, 5.41) is 4.12. The highest BCUT2D eigenvalue weighted by atomic mass is 35.5. The maximum Gasteiger partial charge on any atom is 0.289 e. The fraction of sp³-hybridized carbons (Fsp3) is 0.407. The molecule has 0 bridgehead atoms. The van der Waals surface area contributed by atoms with Crippen molar-refractivity contribution in [3.63, 3.8) is 0 Å². The van der Waals surface area contributed by atoms with E-state index in [0.717, 1.165) is 30.6 Å². The number of ether oxygens (including phenoxy) is 3. The summed E-state index contributed by atoms with van der Waals surface area (Å²) in [5.74, 6) is 0.953. The van der Waals surface area contributed by atoms with Gasteiger partial charge in [-0.25, -0.2) is 0 Å². The van der Waals surface area contributed by atoms with Gasteiger partial charge in [0.05, 0.1) is 26.8 Å². The van der Waals surface area contributed by atoms with E-state index in [1.807, 2.05) is 18.2 Å². The lowest BCUT2D eigenvalue weighted by atomic mass is 9.91. The molecule has 1 unspecified atom stereocenters. The molecule has 36 heavy (non-hydrogen) atoms. The molecule has 1 atom stereocenters. The van der Waals surface area contributed by atoms with Crippen LogP contribution >= 0.6 is 11.6 Å². The summed E-state index contributed by atoms with van der Waals surface area (Å²) in [7, 11) is 1.52. The van der Waals surface area contributed by atoms with Crippen LogP contribution in [0.3, 0.4) is 0 Å². The van der Waals surface area contributed by atoms with Gasteiger partial charge in [-0.1, -0.05) is 29.8 Å². The minimum absolute atomic E-state index is 0.143. The zero-order valence-electron chi connectivity index (χ0n) is 20.2. The van der Waals surface area contributed by atoms with Gasteiger partial charge in [0.25, 0.3) is 11.8 Å². The molecular formula is C27H29ClN2O6. The van der Waals surface area contributed by atoms with Crippen molar-refractivity contribution in [2.75, 3.05) is 40.0 Å². The standard InChI is InChI=1S/C27H29ClN2O6/c1-33-22-16-20(28)14-19-15-23(36-24(19)22)25(31)30-11-13-35-27(17-30)9-5-4-7-18-6-2-3-8-21(18)34-12-10-29-26(27)32/h2-3,6,8,14-16H,4-5,7,9-13,17H2,1H3,(H,29,32). The fourth-order valence-corrected chi connectivity index (χ4v) is 5.14. The molecule has 2 amide bonds. The average Bonchev–Trinajstić information content (AvgIpc) is 3.32. The minimum atomic E-state index is -1.13. The summed E-state index contributed by atoms with van der Waals surface area (Å²) in [6.45, 7) is 1.46. The molecule has 0 aliphatic carbocycles. The summed E-state index contributed by atoms with van der Waals surface area (Å²) in [6, 6.07) is 13.0. The smallest absolute Gasteiger partial charge is 0.289 e. The van der Waals surface area contributed by atoms with E-state index in [0.29, 0.717) is 47.9 Å². The molecule has 2 aromatic carbocycles. The van der Waals surface area contributed by atoms with Crippen molar-refractivity contribution < 1.29 is 28.2 Å². The molecular weight excluding hydrogens is 484 g/mol. The molecule has 0 saturated carbocycles. The number of nitrogens with zero attached hydrogens (tertiary/aromatic N) is 1. The number of carbonyl (C=O) groups is 2. The van der Waals surface area contributed by atoms with Crippen molar-refractivity contribution in [3.8, 4) is 11.5 Å². The molecule has 1 N–H and O–H groups in total. The Balaban J connectivity index is 1.35. The molecule has 3 aromatic rings. The number of amides is 2. The number of hydrogen-bond acceptors (Lipinski definition) is 6. The van der Waals surface area contributed by atoms with Crippen LogP contribution in [0.1, 0.15) is 35.4 Å². The van der Waals surface area contributed by atoms with E-state index < -0.39 is 5.60 Å². The number of benzene rings is 2. The van der Waals surface area contributed by atoms with Crippen LogP contribution in [0.15, 0.2) is 46.9 Å². The van der Waals surface area contributed by atoms with Gasteiger partial charge in [0.2, 0.25) is 0 Å². The van der Waals surface area contributed by atoms with Gasteiger partial charge in [-0.15, -0.1) is 0 Å². The number of fused-ring (bicyclic) bond motifs is 2. The molecule has 2 aliphatic heterocycles. The van der Waals surface area contributed by atoms with Crippen LogP contribution in [0.2, 0.25) is 5.02 Å². The third-order valence-corrected chi connectivity index (χ3v) is 6.98. The predicted molar refractivity (Wildman–Crippen MR) is 135 cm³/mol. The molecule has 1 saturated heterocycles. The second kappa shape index (κ2) is 10.4. The Bertz CT molecular complexity index is 1270. The van der Waals surface area contributed by atoms with Gasteiger partial charge in [-0.3, -0.25) is 9.59 Å². The number of carbonyl (C=O) groups excluding carboxylic acids is 2. The predicted octanol–water partition coefficient (Wildman–Crippen LogP) is 4.23. The van der Waals surface area contributed by atoms with Crippen LogP contribution in [0, 0.1) is 0 Å². The maximum absolute atomic E-state index is 13.5. The van der Waals surface area contributed by atoms with Gasteiger partial charge in [-0.2, -0.15) is 0 Å². The Labute approximate surface area is 214 Å². The van der Waals surface area contributed by atoms with Crippen molar-refractivity contribution in [2.45, 2.75) is 31.3 Å². The number of morpholine rings is 1. The molecule has 1 aromatic heterocycles. The Kier molecular flexibility index (Phi) is 7.07. The second-order valence-corrected chi connectivity index (χ2v) is 9.56. The highest BCUT2D eigenvalue weighted by molar-refractivity contribution is 6.31. The number of halogens is 1. The summed E-state index contributed by atoms with van der Waals surface area (Å²) < 4.78 is 23.2. The Morgan fingerprint density at radius 3 is 2.89 bits per heavy atom. The van der Waals surface area contributed by atoms with E-state index in [9.17, 15) is 9.59 Å². The van der Waals surface area contributed by atoms with Gasteiger partial charge < -0.3 is 28.8 Å². The van der Waals surface area contributed by atoms with Gasteiger partial charge in [0.15, 0.2) is 22.7 Å². The quantitative estimate of drug-likeness (QED) is 0.552. The molecule has 0 radical (unpaired) electrons. The minimum Gasteiger partial charge on any atom is -0.493 e. The van der Waals surface area contributed by atoms with E-state index in [1.54, 1.807) is 23.1 Å². The summed E-state index contributed by atoms with van der Waals surface area (Å²) in [5.41, 5.74) is 0.483. The van der Waals surface area contributed by atoms with E-state index >= 15 is 0 Å². The molecule has 8 nitrogen and oxygen atoms in total. The van der Waals surface area contributed by atoms with Crippen molar-refractivity contribution >= 4 is 34.4 Å². The fourth-order valence-electron chi connectivity index (χ4n) is 4.92. The van der Waals surface area contributed by atoms with E-state index in [2.05, 4.69) is 11.4 Å². The van der Waals surface area contributed by atoms with Crippen LogP contribution in [0.4, 0.5) is 0 Å². The van der Waals surface area contributed by atoms with Gasteiger partial charge >= 0.3 is 0 Å². The Morgan fingerprint density at radius 1 is 1.17 bits per heavy atom. The van der Waals surface area contributed by atoms with Crippen molar-refractivity contribution in [2.24, 2.45) is 0 Å². The van der Waals surface area contributed by atoms with Crippen molar-refractivity contribution in [1.82, 2.24) is 10.2 Å². The van der Waals surface area contributed by atoms with Crippen molar-refractivity contribution in [3.05, 3.63) is 58.8 Å². The molecule has 2 aliphatic rings. The van der Waals surface area contributed by atoms with Crippen molar-refractivity contribution in [1.29, 1.82) is 0 Å². The largest absolute Gasteiger partial charge is 0.493 e. The monoisotopic (exact) mass is 512 g/mol.